The quantitative estimate of drug-likeness (QED) is 0.417. The number of aryl methyl sites for hydroxylation is 2. The molecule has 0 fully saturated rings. The molecule has 10 nitrogen and oxygen atoms in total. The number of amides is 1. The van der Waals surface area contributed by atoms with Gasteiger partial charge in [0, 0.05) is 17.1 Å². The zero-order valence-electron chi connectivity index (χ0n) is 17.9. The predicted molar refractivity (Wildman–Crippen MR) is 122 cm³/mol. The lowest BCUT2D eigenvalue weighted by atomic mass is 10.2. The fourth-order valence-electron chi connectivity index (χ4n) is 3.38. The van der Waals surface area contributed by atoms with Crippen LogP contribution in [0.15, 0.2) is 59.5 Å². The molecule has 2 heterocycles. The number of carbonyl (C=O) groups excluding carboxylic acids is 2. The minimum Gasteiger partial charge on any atom is -0.423 e. The smallest absolute Gasteiger partial charge is 0.331 e. The van der Waals surface area contributed by atoms with Crippen LogP contribution in [-0.2, 0) is 19.6 Å². The van der Waals surface area contributed by atoms with E-state index in [0.29, 0.717) is 28.5 Å². The lowest BCUT2D eigenvalue weighted by Crippen LogP contribution is -2.41. The number of hydrogen-bond acceptors (Lipinski definition) is 8. The number of rotatable bonds is 6. The van der Waals surface area contributed by atoms with E-state index >= 15 is 0 Å². The number of ether oxygens (including phenoxy) is 1. The van der Waals surface area contributed by atoms with E-state index < -0.39 is 16.0 Å². The van der Waals surface area contributed by atoms with E-state index in [1.807, 2.05) is 0 Å². The first-order valence-electron chi connectivity index (χ1n) is 9.99. The van der Waals surface area contributed by atoms with Crippen molar-refractivity contribution < 1.29 is 22.7 Å². The Kier molecular flexibility index (Phi) is 5.97. The van der Waals surface area contributed by atoms with Gasteiger partial charge in [0.05, 0.1) is 17.1 Å². The molecule has 1 aromatic heterocycles. The Morgan fingerprint density at radius 1 is 1.06 bits per heavy atom. The van der Waals surface area contributed by atoms with Crippen LogP contribution >= 0.6 is 0 Å². The van der Waals surface area contributed by atoms with Crippen LogP contribution in [0.1, 0.15) is 11.4 Å². The number of hydrogen-bond donors (Lipinski definition) is 2. The molecule has 1 amide bonds. The van der Waals surface area contributed by atoms with E-state index in [0.717, 1.165) is 0 Å². The average molecular weight is 468 g/mol. The van der Waals surface area contributed by atoms with Crippen molar-refractivity contribution in [2.45, 2.75) is 18.7 Å². The fourth-order valence-corrected chi connectivity index (χ4v) is 4.33. The molecule has 2 aromatic carbocycles. The van der Waals surface area contributed by atoms with Crippen LogP contribution in [0.5, 0.6) is 5.75 Å². The summed E-state index contributed by atoms with van der Waals surface area (Å²) in [5, 5.41) is 2.71. The number of esters is 1. The van der Waals surface area contributed by atoms with Gasteiger partial charge < -0.3 is 15.0 Å². The van der Waals surface area contributed by atoms with Gasteiger partial charge in [0.25, 0.3) is 10.0 Å². The van der Waals surface area contributed by atoms with Gasteiger partial charge in [-0.05, 0) is 56.3 Å². The van der Waals surface area contributed by atoms with Gasteiger partial charge in [0.1, 0.15) is 6.54 Å². The molecule has 0 bridgehead atoms. The Bertz CT molecular complexity index is 1310. The summed E-state index contributed by atoms with van der Waals surface area (Å²) in [7, 11) is -3.90. The van der Waals surface area contributed by atoms with Crippen molar-refractivity contribution in [2.24, 2.45) is 0 Å². The highest BCUT2D eigenvalue weighted by Crippen LogP contribution is 2.31. The Hall–Kier alpha value is -3.99. The number of sulfonamides is 1. The van der Waals surface area contributed by atoms with Crippen molar-refractivity contribution in [3.8, 4) is 5.75 Å². The minimum absolute atomic E-state index is 0.00374. The fraction of sp³-hybridized carbons (Fsp3) is 0.182. The van der Waals surface area contributed by atoms with Crippen LogP contribution in [0.3, 0.4) is 0 Å². The van der Waals surface area contributed by atoms with Crippen LogP contribution in [-0.4, -0.2) is 43.4 Å². The number of anilines is 3. The summed E-state index contributed by atoms with van der Waals surface area (Å²) in [6.45, 7) is 3.37. The second kappa shape index (κ2) is 8.87. The average Bonchev–Trinajstić information content (AvgIpc) is 2.73. The molecule has 0 unspecified atom stereocenters. The van der Waals surface area contributed by atoms with Crippen LogP contribution < -0.4 is 19.7 Å². The summed E-state index contributed by atoms with van der Waals surface area (Å²) in [5.74, 6) is -0.421. The van der Waals surface area contributed by atoms with Gasteiger partial charge in [0.2, 0.25) is 11.9 Å². The second-order valence-electron chi connectivity index (χ2n) is 7.45. The van der Waals surface area contributed by atoms with Crippen LogP contribution in [0.2, 0.25) is 0 Å². The Balaban J connectivity index is 1.42. The molecule has 0 spiro atoms. The highest BCUT2D eigenvalue weighted by molar-refractivity contribution is 7.92. The summed E-state index contributed by atoms with van der Waals surface area (Å²) >= 11 is 0. The molecule has 0 saturated carbocycles. The highest BCUT2D eigenvalue weighted by Gasteiger charge is 2.25. The van der Waals surface area contributed by atoms with Crippen LogP contribution in [0.4, 0.5) is 17.3 Å². The molecule has 3 aromatic rings. The standard InChI is InChI=1S/C22H21N5O5S/c1-14-11-15(2)24-22(23-14)26-33(30,31)17-9-7-16(8-10-17)25-20(28)12-27-13-21(29)32-19-6-4-3-5-18(19)27/h3-11H,12-13H2,1-2H3,(H,25,28)(H,23,24,26). The lowest BCUT2D eigenvalue weighted by molar-refractivity contribution is -0.133. The molecule has 170 valence electrons. The number of benzene rings is 2. The summed E-state index contributed by atoms with van der Waals surface area (Å²) in [5.41, 5.74) is 2.34. The molecule has 0 atom stereocenters. The number of nitrogens with zero attached hydrogens (tertiary/aromatic N) is 3. The first-order valence-corrected chi connectivity index (χ1v) is 11.5. The van der Waals surface area contributed by atoms with E-state index in [9.17, 15) is 18.0 Å². The number of nitrogens with one attached hydrogen (secondary N) is 2. The van der Waals surface area contributed by atoms with Gasteiger partial charge in [-0.2, -0.15) is 0 Å². The SMILES string of the molecule is Cc1cc(C)nc(NS(=O)(=O)c2ccc(NC(=O)CN3CC(=O)Oc4ccccc43)cc2)n1. The van der Waals surface area contributed by atoms with Crippen molar-refractivity contribution in [1.29, 1.82) is 0 Å². The van der Waals surface area contributed by atoms with Crippen molar-refractivity contribution in [1.82, 2.24) is 9.97 Å². The van der Waals surface area contributed by atoms with Gasteiger partial charge in [-0.3, -0.25) is 4.79 Å². The van der Waals surface area contributed by atoms with Gasteiger partial charge in [0.15, 0.2) is 5.75 Å². The molecule has 0 saturated heterocycles. The molecule has 0 radical (unpaired) electrons. The molecule has 33 heavy (non-hydrogen) atoms. The number of aromatic nitrogens is 2. The molecule has 11 heteroatoms. The molecular formula is C22H21N5O5S. The first-order chi connectivity index (χ1) is 15.7. The van der Waals surface area contributed by atoms with E-state index in [2.05, 4.69) is 20.0 Å². The summed E-state index contributed by atoms with van der Waals surface area (Å²) in [6.07, 6.45) is 0. The number of fused-ring (bicyclic) bond motifs is 1. The highest BCUT2D eigenvalue weighted by atomic mass is 32.2. The maximum atomic E-state index is 12.6. The van der Waals surface area contributed by atoms with Gasteiger partial charge in [-0.25, -0.2) is 27.9 Å². The topological polar surface area (TPSA) is 131 Å². The van der Waals surface area contributed by atoms with Crippen LogP contribution in [0, 0.1) is 13.8 Å². The normalized spacial score (nSPS) is 13.2. The summed E-state index contributed by atoms with van der Waals surface area (Å²) in [4.78, 5) is 34.1. The van der Waals surface area contributed by atoms with Crippen molar-refractivity contribution in [3.63, 3.8) is 0 Å². The zero-order valence-corrected chi connectivity index (χ0v) is 18.7. The van der Waals surface area contributed by atoms with E-state index in [1.54, 1.807) is 49.1 Å². The van der Waals surface area contributed by atoms with E-state index in [-0.39, 0.29) is 29.8 Å². The minimum atomic E-state index is -3.90. The molecule has 0 aliphatic carbocycles. The molecule has 4 rings (SSSR count). The maximum Gasteiger partial charge on any atom is 0.331 e. The second-order valence-corrected chi connectivity index (χ2v) is 9.13. The van der Waals surface area contributed by atoms with Crippen molar-refractivity contribution in [2.75, 3.05) is 28.0 Å². The predicted octanol–water partition coefficient (Wildman–Crippen LogP) is 2.26. The number of para-hydroxylation sites is 2. The Morgan fingerprint density at radius 3 is 2.42 bits per heavy atom. The van der Waals surface area contributed by atoms with E-state index in [1.165, 1.54) is 24.3 Å². The van der Waals surface area contributed by atoms with Gasteiger partial charge in [-0.15, -0.1) is 0 Å². The third-order valence-electron chi connectivity index (χ3n) is 4.74. The molecule has 1 aliphatic heterocycles. The first kappa shape index (κ1) is 22.2. The molecule has 2 N–H and O–H groups in total. The molecular weight excluding hydrogens is 446 g/mol. The Labute approximate surface area is 190 Å². The summed E-state index contributed by atoms with van der Waals surface area (Å²) in [6, 6.07) is 14.4. The third-order valence-corrected chi connectivity index (χ3v) is 6.08. The monoisotopic (exact) mass is 467 g/mol. The van der Waals surface area contributed by atoms with Crippen molar-refractivity contribution in [3.05, 3.63) is 66.0 Å². The maximum absolute atomic E-state index is 12.6. The van der Waals surface area contributed by atoms with Crippen LogP contribution in [0.25, 0.3) is 0 Å². The van der Waals surface area contributed by atoms with E-state index in [4.69, 9.17) is 4.74 Å². The zero-order chi connectivity index (χ0) is 23.6. The van der Waals surface area contributed by atoms with Gasteiger partial charge in [-0.1, -0.05) is 12.1 Å². The Morgan fingerprint density at radius 2 is 1.73 bits per heavy atom. The molecule has 1 aliphatic rings. The van der Waals surface area contributed by atoms with Gasteiger partial charge >= 0.3 is 5.97 Å². The third kappa shape index (κ3) is 5.26. The lowest BCUT2D eigenvalue weighted by Gasteiger charge is -2.29. The largest absolute Gasteiger partial charge is 0.423 e. The van der Waals surface area contributed by atoms with Crippen molar-refractivity contribution >= 4 is 39.2 Å². The number of carbonyl (C=O) groups is 2. The summed E-state index contributed by atoms with van der Waals surface area (Å²) < 4.78 is 32.8.